The summed E-state index contributed by atoms with van der Waals surface area (Å²) in [5.41, 5.74) is 1.19. The maximum atomic E-state index is 3.38. The van der Waals surface area contributed by atoms with Gasteiger partial charge in [0.1, 0.15) is 0 Å². The lowest BCUT2D eigenvalue weighted by molar-refractivity contribution is 1.50. The van der Waals surface area contributed by atoms with Gasteiger partial charge >= 0.3 is 0 Å². The largest absolute Gasteiger partial charge is 0.0616 e. The van der Waals surface area contributed by atoms with Crippen LogP contribution in [0.2, 0.25) is 0 Å². The van der Waals surface area contributed by atoms with Crippen molar-refractivity contribution >= 4 is 21.5 Å². The zero-order valence-electron chi connectivity index (χ0n) is 8.62. The van der Waals surface area contributed by atoms with Crippen molar-refractivity contribution in [3.63, 3.8) is 0 Å². The van der Waals surface area contributed by atoms with E-state index >= 15 is 0 Å². The summed E-state index contributed by atoms with van der Waals surface area (Å²) >= 11 is 0. The maximum Gasteiger partial charge on any atom is -0.00670 e. The van der Waals surface area contributed by atoms with Crippen LogP contribution in [0, 0.1) is 13.0 Å². The van der Waals surface area contributed by atoms with E-state index in [-0.39, 0.29) is 0 Å². The number of fused-ring (bicyclic) bond motifs is 3. The lowest BCUT2D eigenvalue weighted by Crippen LogP contribution is -1.79. The van der Waals surface area contributed by atoms with Crippen LogP contribution in [0.25, 0.3) is 21.5 Å². The molecule has 0 bridgehead atoms. The van der Waals surface area contributed by atoms with E-state index in [1.54, 1.807) is 0 Å². The third kappa shape index (κ3) is 1.30. The van der Waals surface area contributed by atoms with Gasteiger partial charge in [0.25, 0.3) is 0 Å². The molecule has 0 aromatic heterocycles. The van der Waals surface area contributed by atoms with Crippen molar-refractivity contribution in [1.29, 1.82) is 0 Å². The van der Waals surface area contributed by atoms with Crippen LogP contribution in [-0.4, -0.2) is 0 Å². The molecule has 0 amide bonds. The van der Waals surface area contributed by atoms with Crippen molar-refractivity contribution < 1.29 is 0 Å². The average Bonchev–Trinajstić information content (AvgIpc) is 2.28. The lowest BCUT2D eigenvalue weighted by Gasteiger charge is -2.03. The summed E-state index contributed by atoms with van der Waals surface area (Å²) in [6.45, 7) is 2.08. The van der Waals surface area contributed by atoms with Crippen LogP contribution in [0.3, 0.4) is 0 Å². The monoisotopic (exact) mass is 191 g/mol. The maximum absolute atomic E-state index is 3.38. The highest BCUT2D eigenvalue weighted by Gasteiger charge is 1.99. The second kappa shape index (κ2) is 3.09. The Labute approximate surface area is 89.2 Å². The minimum atomic E-state index is 1.19. The molecule has 3 aromatic carbocycles. The van der Waals surface area contributed by atoms with E-state index < -0.39 is 0 Å². The van der Waals surface area contributed by atoms with Gasteiger partial charge in [0.15, 0.2) is 0 Å². The highest BCUT2D eigenvalue weighted by Crippen LogP contribution is 2.25. The highest BCUT2D eigenvalue weighted by atomic mass is 14.0. The summed E-state index contributed by atoms with van der Waals surface area (Å²) in [6, 6.07) is 20.5. The molecule has 0 aliphatic heterocycles. The first-order chi connectivity index (χ1) is 7.34. The Balaban J connectivity index is 2.55. The average molecular weight is 191 g/mol. The standard InChI is InChI=1S/C15H11/c1-11-6-9-15-13(10-11)8-7-12-4-2-3-5-14(12)15/h2-9H,1H3. The molecule has 0 atom stereocenters. The first-order valence-corrected chi connectivity index (χ1v) is 5.15. The van der Waals surface area contributed by atoms with E-state index in [2.05, 4.69) is 61.5 Å². The zero-order valence-corrected chi connectivity index (χ0v) is 8.62. The number of rotatable bonds is 0. The molecule has 0 heteroatoms. The van der Waals surface area contributed by atoms with Crippen LogP contribution in [0.15, 0.2) is 48.5 Å². The molecule has 0 nitrogen and oxygen atoms in total. The van der Waals surface area contributed by atoms with Gasteiger partial charge in [0.05, 0.1) is 0 Å². The molecule has 3 rings (SSSR count). The molecular weight excluding hydrogens is 180 g/mol. The fraction of sp³-hybridized carbons (Fsp3) is 0.0667. The second-order valence-electron chi connectivity index (χ2n) is 3.89. The van der Waals surface area contributed by atoms with Gasteiger partial charge in [-0.15, -0.1) is 0 Å². The molecule has 71 valence electrons. The van der Waals surface area contributed by atoms with Crippen molar-refractivity contribution in [1.82, 2.24) is 0 Å². The Morgan fingerprint density at radius 2 is 1.67 bits per heavy atom. The molecule has 0 fully saturated rings. The summed E-state index contributed by atoms with van der Waals surface area (Å²) < 4.78 is 0. The summed E-state index contributed by atoms with van der Waals surface area (Å²) in [5, 5.41) is 5.10. The quantitative estimate of drug-likeness (QED) is 0.469. The molecule has 3 aromatic rings. The van der Waals surface area contributed by atoms with E-state index in [4.69, 9.17) is 0 Å². The number of benzene rings is 3. The third-order valence-electron chi connectivity index (χ3n) is 2.80. The van der Waals surface area contributed by atoms with Crippen molar-refractivity contribution in [3.05, 3.63) is 60.2 Å². The third-order valence-corrected chi connectivity index (χ3v) is 2.80. The normalized spacial score (nSPS) is 11.0. The summed E-state index contributed by atoms with van der Waals surface area (Å²) in [7, 11) is 0. The Morgan fingerprint density at radius 3 is 2.60 bits per heavy atom. The van der Waals surface area contributed by atoms with Gasteiger partial charge in [-0.25, -0.2) is 0 Å². The highest BCUT2D eigenvalue weighted by molar-refractivity contribution is 6.07. The first-order valence-electron chi connectivity index (χ1n) is 5.15. The van der Waals surface area contributed by atoms with Gasteiger partial charge in [-0.05, 0) is 40.1 Å². The molecule has 0 saturated carbocycles. The van der Waals surface area contributed by atoms with Crippen molar-refractivity contribution in [3.8, 4) is 0 Å². The van der Waals surface area contributed by atoms with Crippen LogP contribution in [-0.2, 0) is 0 Å². The van der Waals surface area contributed by atoms with Gasteiger partial charge < -0.3 is 0 Å². The number of hydrogen-bond donors (Lipinski definition) is 0. The molecule has 0 N–H and O–H groups in total. The Hall–Kier alpha value is -1.82. The molecule has 0 saturated heterocycles. The van der Waals surface area contributed by atoms with E-state index in [1.165, 1.54) is 27.1 Å². The molecular formula is C15H11. The first kappa shape index (κ1) is 8.49. The molecule has 0 aliphatic carbocycles. The van der Waals surface area contributed by atoms with Gasteiger partial charge in [-0.1, -0.05) is 48.5 Å². The van der Waals surface area contributed by atoms with Crippen LogP contribution >= 0.6 is 0 Å². The predicted octanol–water partition coefficient (Wildman–Crippen LogP) is 4.10. The molecule has 0 unspecified atom stereocenters. The second-order valence-corrected chi connectivity index (χ2v) is 3.89. The minimum absolute atomic E-state index is 1.19. The van der Waals surface area contributed by atoms with Gasteiger partial charge in [-0.2, -0.15) is 0 Å². The van der Waals surface area contributed by atoms with Crippen LogP contribution in [0.4, 0.5) is 0 Å². The van der Waals surface area contributed by atoms with E-state index in [9.17, 15) is 0 Å². The van der Waals surface area contributed by atoms with Gasteiger partial charge in [0, 0.05) is 0 Å². The van der Waals surface area contributed by atoms with Crippen molar-refractivity contribution in [2.45, 2.75) is 6.92 Å². The molecule has 0 heterocycles. The Morgan fingerprint density at radius 1 is 0.800 bits per heavy atom. The molecule has 0 aliphatic rings. The molecule has 1 radical (unpaired) electrons. The molecule has 15 heavy (non-hydrogen) atoms. The fourth-order valence-corrected chi connectivity index (χ4v) is 2.05. The van der Waals surface area contributed by atoms with Crippen LogP contribution in [0.5, 0.6) is 0 Å². The number of aryl methyl sites for hydroxylation is 1. The summed E-state index contributed by atoms with van der Waals surface area (Å²) in [4.78, 5) is 0. The van der Waals surface area contributed by atoms with E-state index in [0.29, 0.717) is 0 Å². The summed E-state index contributed by atoms with van der Waals surface area (Å²) in [5.74, 6) is 0. The van der Waals surface area contributed by atoms with Gasteiger partial charge in [-0.3, -0.25) is 0 Å². The fourth-order valence-electron chi connectivity index (χ4n) is 2.05. The van der Waals surface area contributed by atoms with Crippen LogP contribution in [0.1, 0.15) is 5.56 Å². The van der Waals surface area contributed by atoms with Crippen molar-refractivity contribution in [2.24, 2.45) is 0 Å². The summed E-state index contributed by atoms with van der Waals surface area (Å²) in [6.07, 6.45) is 0. The smallest absolute Gasteiger partial charge is 0.00670 e. The SMILES string of the molecule is Cc1[c]c2ccc3ccccc3c2cc1. The van der Waals surface area contributed by atoms with E-state index in [0.717, 1.165) is 0 Å². The van der Waals surface area contributed by atoms with E-state index in [1.807, 2.05) is 0 Å². The zero-order chi connectivity index (χ0) is 10.3. The Bertz CT molecular complexity index is 636. The Kier molecular flexibility index (Phi) is 1.75. The van der Waals surface area contributed by atoms with Crippen LogP contribution < -0.4 is 0 Å². The molecule has 0 spiro atoms. The van der Waals surface area contributed by atoms with Crippen molar-refractivity contribution in [2.75, 3.05) is 0 Å². The predicted molar refractivity (Wildman–Crippen MR) is 65.0 cm³/mol. The minimum Gasteiger partial charge on any atom is -0.0616 e. The van der Waals surface area contributed by atoms with Gasteiger partial charge in [0.2, 0.25) is 0 Å². The lowest BCUT2D eigenvalue weighted by atomic mass is 10.0. The topological polar surface area (TPSA) is 0 Å². The number of hydrogen-bond acceptors (Lipinski definition) is 0.